The Bertz CT molecular complexity index is 1340. The Morgan fingerprint density at radius 2 is 1.87 bits per heavy atom. The lowest BCUT2D eigenvalue weighted by atomic mass is 10.1. The number of hydrogen-bond acceptors (Lipinski definition) is 9. The Kier molecular flexibility index (Phi) is 5.45. The van der Waals surface area contributed by atoms with Gasteiger partial charge in [0.25, 0.3) is 5.69 Å². The van der Waals surface area contributed by atoms with E-state index >= 15 is 0 Å². The van der Waals surface area contributed by atoms with E-state index in [0.29, 0.717) is 21.7 Å². The third kappa shape index (κ3) is 4.43. The fourth-order valence-corrected chi connectivity index (χ4v) is 3.45. The van der Waals surface area contributed by atoms with Gasteiger partial charge in [0, 0.05) is 29.3 Å². The minimum Gasteiger partial charge on any atom is -0.400 e. The van der Waals surface area contributed by atoms with Gasteiger partial charge in [0.05, 0.1) is 34.8 Å². The molecule has 1 aromatic carbocycles. The lowest BCUT2D eigenvalue weighted by Crippen LogP contribution is -2.11. The molecule has 0 aliphatic rings. The Labute approximate surface area is 177 Å². The number of benzene rings is 1. The van der Waals surface area contributed by atoms with Crippen molar-refractivity contribution in [3.8, 4) is 11.3 Å². The number of nitro benzene ring substituents is 1. The summed E-state index contributed by atoms with van der Waals surface area (Å²) in [7, 11) is 0. The maximum absolute atomic E-state index is 10.9. The summed E-state index contributed by atoms with van der Waals surface area (Å²) in [6.07, 6.45) is 4.55. The van der Waals surface area contributed by atoms with Gasteiger partial charge in [0.1, 0.15) is 4.92 Å². The van der Waals surface area contributed by atoms with Crippen LogP contribution in [0.5, 0.6) is 0 Å². The van der Waals surface area contributed by atoms with E-state index in [9.17, 15) is 20.2 Å². The smallest absolute Gasteiger partial charge is 0.400 e. The van der Waals surface area contributed by atoms with Crippen molar-refractivity contribution in [1.82, 2.24) is 9.66 Å². The average Bonchev–Trinajstić information content (AvgIpc) is 3.40. The van der Waals surface area contributed by atoms with Crippen molar-refractivity contribution in [1.29, 1.82) is 0 Å². The predicted octanol–water partition coefficient (Wildman–Crippen LogP) is 4.14. The molecule has 4 aromatic rings. The van der Waals surface area contributed by atoms with Crippen molar-refractivity contribution < 1.29 is 14.3 Å². The van der Waals surface area contributed by atoms with E-state index in [-0.39, 0.29) is 11.4 Å². The molecule has 0 amide bonds. The number of hydrogen-bond donors (Lipinski definition) is 0. The summed E-state index contributed by atoms with van der Waals surface area (Å²) in [6, 6.07) is 12.2. The number of rotatable bonds is 6. The van der Waals surface area contributed by atoms with Gasteiger partial charge in [-0.25, -0.2) is 9.67 Å². The third-order valence-corrected chi connectivity index (χ3v) is 4.84. The minimum absolute atomic E-state index is 0.0304. The first kappa shape index (κ1) is 19.8. The van der Waals surface area contributed by atoms with Gasteiger partial charge in [0.15, 0.2) is 5.76 Å². The van der Waals surface area contributed by atoms with Crippen LogP contribution in [0.3, 0.4) is 0 Å². The van der Waals surface area contributed by atoms with Gasteiger partial charge < -0.3 is 4.42 Å². The van der Waals surface area contributed by atoms with Crippen LogP contribution in [0, 0.1) is 20.2 Å². The molecule has 3 heterocycles. The number of nitrogens with zero attached hydrogens (tertiary/aromatic N) is 6. The van der Waals surface area contributed by atoms with E-state index in [4.69, 9.17) is 4.42 Å². The molecule has 154 valence electrons. The quantitative estimate of drug-likeness (QED) is 0.253. The van der Waals surface area contributed by atoms with Gasteiger partial charge in [0.2, 0.25) is 4.80 Å². The number of pyridine rings is 1. The normalized spacial score (nSPS) is 11.8. The van der Waals surface area contributed by atoms with E-state index < -0.39 is 15.7 Å². The molecule has 0 saturated heterocycles. The first-order chi connectivity index (χ1) is 15.0. The van der Waals surface area contributed by atoms with Crippen LogP contribution in [-0.4, -0.2) is 25.7 Å². The fraction of sp³-hybridized carbons (Fsp3) is 0. The van der Waals surface area contributed by atoms with Crippen LogP contribution < -0.4 is 4.80 Å². The largest absolute Gasteiger partial charge is 0.433 e. The van der Waals surface area contributed by atoms with E-state index in [1.54, 1.807) is 42.0 Å². The summed E-state index contributed by atoms with van der Waals surface area (Å²) in [4.78, 5) is 29.7. The van der Waals surface area contributed by atoms with Crippen LogP contribution >= 0.6 is 11.3 Å². The first-order valence-corrected chi connectivity index (χ1v) is 9.58. The highest BCUT2D eigenvalue weighted by molar-refractivity contribution is 7.07. The molecule has 0 radical (unpaired) electrons. The lowest BCUT2D eigenvalue weighted by Gasteiger charge is -2.03. The van der Waals surface area contributed by atoms with Gasteiger partial charge >= 0.3 is 5.88 Å². The van der Waals surface area contributed by atoms with Gasteiger partial charge in [-0.3, -0.25) is 25.2 Å². The van der Waals surface area contributed by atoms with Crippen molar-refractivity contribution in [3.05, 3.63) is 97.1 Å². The van der Waals surface area contributed by atoms with Gasteiger partial charge in [-0.2, -0.15) is 5.10 Å². The minimum atomic E-state index is -0.638. The molecule has 0 spiro atoms. The van der Waals surface area contributed by atoms with Gasteiger partial charge in [-0.1, -0.05) is 0 Å². The Morgan fingerprint density at radius 1 is 1.06 bits per heavy atom. The van der Waals surface area contributed by atoms with Crippen LogP contribution in [-0.2, 0) is 0 Å². The highest BCUT2D eigenvalue weighted by Gasteiger charge is 2.13. The number of furan rings is 1. The molecule has 0 unspecified atom stereocenters. The lowest BCUT2D eigenvalue weighted by molar-refractivity contribution is -0.402. The van der Waals surface area contributed by atoms with Gasteiger partial charge in [-0.05, 0) is 30.3 Å². The highest BCUT2D eigenvalue weighted by atomic mass is 32.1. The molecule has 0 N–H and O–H groups in total. The van der Waals surface area contributed by atoms with E-state index in [1.165, 1.54) is 46.5 Å². The maximum Gasteiger partial charge on any atom is 0.433 e. The molecule has 0 aliphatic heterocycles. The number of thiazole rings is 1. The molecule has 0 aliphatic carbocycles. The van der Waals surface area contributed by atoms with Crippen LogP contribution in [0.2, 0.25) is 0 Å². The number of nitro groups is 2. The molecule has 0 fully saturated rings. The molecule has 0 atom stereocenters. The summed E-state index contributed by atoms with van der Waals surface area (Å²) < 4.78 is 6.64. The Hall–Kier alpha value is -4.45. The SMILES string of the molecule is O=[N+]([O-])c1ccc(-c2csc(=Nc3cccnc3)n2N=Cc2ccc([N+](=O)[O-])o2)cc1. The summed E-state index contributed by atoms with van der Waals surface area (Å²) in [6.45, 7) is 0. The zero-order valence-corrected chi connectivity index (χ0v) is 16.4. The molecule has 11 nitrogen and oxygen atoms in total. The topological polar surface area (TPSA) is 142 Å². The molecule has 4 rings (SSSR count). The molecular formula is C19H12N6O5S. The zero-order chi connectivity index (χ0) is 21.8. The molecular weight excluding hydrogens is 424 g/mol. The molecule has 12 heteroatoms. The average molecular weight is 436 g/mol. The molecule has 3 aromatic heterocycles. The van der Waals surface area contributed by atoms with Gasteiger partial charge in [-0.15, -0.1) is 11.3 Å². The number of non-ortho nitro benzene ring substituents is 1. The number of aromatic nitrogens is 2. The maximum atomic E-state index is 10.9. The second-order valence-corrected chi connectivity index (χ2v) is 6.86. The Balaban J connectivity index is 1.80. The van der Waals surface area contributed by atoms with E-state index in [0.717, 1.165) is 0 Å². The van der Waals surface area contributed by atoms with Crippen LogP contribution in [0.4, 0.5) is 17.3 Å². The van der Waals surface area contributed by atoms with E-state index in [1.807, 2.05) is 0 Å². The van der Waals surface area contributed by atoms with Crippen molar-refractivity contribution in [2.75, 3.05) is 0 Å². The summed E-state index contributed by atoms with van der Waals surface area (Å²) in [5.41, 5.74) is 1.88. The van der Waals surface area contributed by atoms with Crippen LogP contribution in [0.15, 0.2) is 80.8 Å². The predicted molar refractivity (Wildman–Crippen MR) is 112 cm³/mol. The Morgan fingerprint density at radius 3 is 2.52 bits per heavy atom. The molecule has 31 heavy (non-hydrogen) atoms. The summed E-state index contributed by atoms with van der Waals surface area (Å²) in [5, 5.41) is 27.9. The fourth-order valence-electron chi connectivity index (χ4n) is 2.60. The molecule has 0 bridgehead atoms. The van der Waals surface area contributed by atoms with Crippen LogP contribution in [0.1, 0.15) is 5.76 Å². The van der Waals surface area contributed by atoms with Crippen LogP contribution in [0.25, 0.3) is 11.3 Å². The highest BCUT2D eigenvalue weighted by Crippen LogP contribution is 2.24. The first-order valence-electron chi connectivity index (χ1n) is 8.70. The third-order valence-electron chi connectivity index (χ3n) is 4.02. The summed E-state index contributed by atoms with van der Waals surface area (Å²) in [5.74, 6) is -0.208. The van der Waals surface area contributed by atoms with E-state index in [2.05, 4.69) is 15.1 Å². The molecule has 0 saturated carbocycles. The second-order valence-electron chi connectivity index (χ2n) is 6.02. The van der Waals surface area contributed by atoms with Crippen molar-refractivity contribution in [2.24, 2.45) is 10.1 Å². The van der Waals surface area contributed by atoms with Crippen molar-refractivity contribution in [3.63, 3.8) is 0 Å². The summed E-state index contributed by atoms with van der Waals surface area (Å²) >= 11 is 1.30. The monoisotopic (exact) mass is 436 g/mol. The standard InChI is InChI=1S/C19H12N6O5S/c26-24(27)15-5-3-13(4-6-15)17-12-31-19(22-14-2-1-9-20-10-14)23(17)21-11-16-7-8-18(30-16)25(28)29/h1-12H. The van der Waals surface area contributed by atoms with Crippen molar-refractivity contribution in [2.45, 2.75) is 0 Å². The van der Waals surface area contributed by atoms with Crippen molar-refractivity contribution >= 4 is 34.8 Å². The second kappa shape index (κ2) is 8.51. The zero-order valence-electron chi connectivity index (χ0n) is 15.6.